The van der Waals surface area contributed by atoms with Crippen LogP contribution in [-0.4, -0.2) is 19.9 Å². The van der Waals surface area contributed by atoms with Gasteiger partial charge >= 0.3 is 0 Å². The molecule has 0 aliphatic rings. The van der Waals surface area contributed by atoms with Crippen LogP contribution < -0.4 is 16.4 Å². The summed E-state index contributed by atoms with van der Waals surface area (Å²) in [5, 5.41) is 14.1. The normalized spacial score (nSPS) is 12.1. The maximum atomic E-state index is 13.5. The van der Waals surface area contributed by atoms with Crippen molar-refractivity contribution in [1.29, 1.82) is 0 Å². The minimum absolute atomic E-state index is 0.0274. The SMILES string of the molecule is CC(C)n1[nH]c(=O)c2c(-c3coc4ccccc4c3=O)c3oc4c(O)c(=O)ccc4c3[nH]c21. The molecule has 4 aromatic heterocycles. The standard InChI is InChI=1S/C24H17N3O6/c1-10(2)27-23-17(24(31)26-27)16(13-9-32-15-6-4-3-5-11(15)19(13)29)22-18(25-23)12-7-8-14(28)20(30)21(12)33-22/h3-10,25,30H,1-2H3,(H,26,31). The number of phenols is 1. The molecule has 9 heteroatoms. The number of aromatic hydroxyl groups is 1. The number of nitrogens with zero attached hydrogens (tertiary/aromatic N) is 1. The van der Waals surface area contributed by atoms with Crippen molar-refractivity contribution in [2.45, 2.75) is 19.9 Å². The fraction of sp³-hybridized carbons (Fsp3) is 0.125. The smallest absolute Gasteiger partial charge is 0.274 e. The Morgan fingerprint density at radius 1 is 1.00 bits per heavy atom. The summed E-state index contributed by atoms with van der Waals surface area (Å²) in [6.45, 7) is 3.81. The molecular weight excluding hydrogens is 426 g/mol. The number of aromatic amines is 2. The quantitative estimate of drug-likeness (QED) is 0.371. The van der Waals surface area contributed by atoms with E-state index in [1.54, 1.807) is 28.9 Å². The van der Waals surface area contributed by atoms with Gasteiger partial charge in [0, 0.05) is 11.4 Å². The monoisotopic (exact) mass is 443 g/mol. The molecule has 0 unspecified atom stereocenters. The van der Waals surface area contributed by atoms with Gasteiger partial charge in [0.05, 0.1) is 27.4 Å². The van der Waals surface area contributed by atoms with Crippen LogP contribution in [-0.2, 0) is 0 Å². The maximum Gasteiger partial charge on any atom is 0.274 e. The molecule has 2 aromatic carbocycles. The number of pyridine rings is 1. The van der Waals surface area contributed by atoms with E-state index in [9.17, 15) is 19.5 Å². The molecule has 6 rings (SSSR count). The molecule has 0 atom stereocenters. The van der Waals surface area contributed by atoms with Gasteiger partial charge in [-0.15, -0.1) is 0 Å². The summed E-state index contributed by atoms with van der Waals surface area (Å²) in [6, 6.07) is 9.47. The third kappa shape index (κ3) is 2.50. The highest BCUT2D eigenvalue weighted by Gasteiger charge is 2.26. The number of para-hydroxylation sites is 1. The van der Waals surface area contributed by atoms with Gasteiger partial charge in [-0.3, -0.25) is 24.2 Å². The first kappa shape index (κ1) is 19.2. The number of aromatic nitrogens is 3. The molecule has 0 amide bonds. The number of fused-ring (bicyclic) bond motifs is 5. The van der Waals surface area contributed by atoms with Crippen LogP contribution in [0.15, 0.2) is 65.9 Å². The van der Waals surface area contributed by atoms with Gasteiger partial charge < -0.3 is 18.9 Å². The lowest BCUT2D eigenvalue weighted by Crippen LogP contribution is -2.08. The van der Waals surface area contributed by atoms with Crippen LogP contribution in [0.2, 0.25) is 0 Å². The third-order valence-corrected chi connectivity index (χ3v) is 5.91. The molecule has 3 N–H and O–H groups in total. The van der Waals surface area contributed by atoms with Gasteiger partial charge in [0.15, 0.2) is 11.2 Å². The topological polar surface area (TPSA) is 134 Å². The Kier molecular flexibility index (Phi) is 3.77. The Hall–Kier alpha value is -4.53. The Bertz CT molecular complexity index is 1930. The first-order valence-electron chi connectivity index (χ1n) is 10.3. The number of rotatable bonds is 2. The molecule has 164 valence electrons. The lowest BCUT2D eigenvalue weighted by Gasteiger charge is -2.10. The summed E-state index contributed by atoms with van der Waals surface area (Å²) in [4.78, 5) is 41.8. The number of nitrogens with one attached hydrogen (secondary N) is 2. The molecule has 0 spiro atoms. The predicted octanol–water partition coefficient (Wildman–Crippen LogP) is 3.98. The number of furan rings is 1. The van der Waals surface area contributed by atoms with E-state index in [4.69, 9.17) is 8.83 Å². The van der Waals surface area contributed by atoms with E-state index in [0.29, 0.717) is 27.5 Å². The fourth-order valence-corrected chi connectivity index (χ4v) is 4.36. The minimum Gasteiger partial charge on any atom is -0.502 e. The molecule has 0 bridgehead atoms. The van der Waals surface area contributed by atoms with Gasteiger partial charge in [0.25, 0.3) is 5.56 Å². The molecule has 0 radical (unpaired) electrons. The van der Waals surface area contributed by atoms with Crippen LogP contribution in [0, 0.1) is 0 Å². The van der Waals surface area contributed by atoms with Crippen molar-refractivity contribution in [2.75, 3.05) is 0 Å². The van der Waals surface area contributed by atoms with Crippen LogP contribution in [0.1, 0.15) is 19.9 Å². The molecule has 0 fully saturated rings. The van der Waals surface area contributed by atoms with Crippen LogP contribution in [0.3, 0.4) is 0 Å². The molecular formula is C24H17N3O6. The summed E-state index contributed by atoms with van der Waals surface area (Å²) >= 11 is 0. The number of hydrogen-bond acceptors (Lipinski definition) is 6. The first-order chi connectivity index (χ1) is 15.9. The van der Waals surface area contributed by atoms with Crippen LogP contribution >= 0.6 is 0 Å². The number of benzene rings is 2. The fourth-order valence-electron chi connectivity index (χ4n) is 4.36. The van der Waals surface area contributed by atoms with E-state index in [0.717, 1.165) is 0 Å². The second kappa shape index (κ2) is 6.49. The van der Waals surface area contributed by atoms with E-state index in [-0.39, 0.29) is 39.1 Å². The summed E-state index contributed by atoms with van der Waals surface area (Å²) < 4.78 is 13.3. The Morgan fingerprint density at radius 3 is 2.58 bits per heavy atom. The van der Waals surface area contributed by atoms with Gasteiger partial charge in [-0.2, -0.15) is 0 Å². The number of phenolic OH excluding ortho intramolecular Hbond substituents is 1. The highest BCUT2D eigenvalue weighted by Crippen LogP contribution is 2.39. The van der Waals surface area contributed by atoms with Crippen molar-refractivity contribution in [3.05, 3.63) is 73.5 Å². The molecule has 4 heterocycles. The van der Waals surface area contributed by atoms with Crippen molar-refractivity contribution in [1.82, 2.24) is 14.8 Å². The van der Waals surface area contributed by atoms with Crippen molar-refractivity contribution < 1.29 is 13.9 Å². The Balaban J connectivity index is 1.90. The summed E-state index contributed by atoms with van der Waals surface area (Å²) in [5.41, 5.74) is 0.420. The number of H-pyrrole nitrogens is 2. The highest BCUT2D eigenvalue weighted by molar-refractivity contribution is 6.15. The summed E-state index contributed by atoms with van der Waals surface area (Å²) in [6.07, 6.45) is 1.30. The second-order valence-corrected chi connectivity index (χ2v) is 8.20. The first-order valence-corrected chi connectivity index (χ1v) is 10.3. The molecule has 6 aromatic rings. The average molecular weight is 443 g/mol. The molecule has 0 aliphatic heterocycles. The molecule has 9 nitrogen and oxygen atoms in total. The zero-order valence-electron chi connectivity index (χ0n) is 17.6. The predicted molar refractivity (Wildman–Crippen MR) is 124 cm³/mol. The van der Waals surface area contributed by atoms with Crippen LogP contribution in [0.25, 0.3) is 55.2 Å². The molecule has 0 aliphatic carbocycles. The van der Waals surface area contributed by atoms with E-state index in [1.165, 1.54) is 18.4 Å². The van der Waals surface area contributed by atoms with E-state index in [2.05, 4.69) is 10.1 Å². The zero-order chi connectivity index (χ0) is 23.0. The summed E-state index contributed by atoms with van der Waals surface area (Å²) in [7, 11) is 0. The second-order valence-electron chi connectivity index (χ2n) is 8.20. The van der Waals surface area contributed by atoms with Crippen molar-refractivity contribution >= 4 is 44.1 Å². The van der Waals surface area contributed by atoms with Gasteiger partial charge in [-0.25, -0.2) is 0 Å². The lowest BCUT2D eigenvalue weighted by molar-refractivity contribution is 0.464. The van der Waals surface area contributed by atoms with Crippen molar-refractivity contribution in [3.8, 4) is 16.9 Å². The maximum absolute atomic E-state index is 13.5. The summed E-state index contributed by atoms with van der Waals surface area (Å²) in [5.74, 6) is -0.543. The largest absolute Gasteiger partial charge is 0.502 e. The molecule has 0 saturated carbocycles. The highest BCUT2D eigenvalue weighted by atomic mass is 16.4. The Morgan fingerprint density at radius 2 is 1.79 bits per heavy atom. The Labute approximate surface area is 183 Å². The van der Waals surface area contributed by atoms with Crippen LogP contribution in [0.5, 0.6) is 5.75 Å². The van der Waals surface area contributed by atoms with Gasteiger partial charge in [0.2, 0.25) is 16.6 Å². The van der Waals surface area contributed by atoms with Crippen LogP contribution in [0.4, 0.5) is 0 Å². The van der Waals surface area contributed by atoms with E-state index >= 15 is 0 Å². The zero-order valence-corrected chi connectivity index (χ0v) is 17.6. The molecule has 0 saturated heterocycles. The number of hydrogen-bond donors (Lipinski definition) is 3. The van der Waals surface area contributed by atoms with Gasteiger partial charge in [-0.05, 0) is 38.1 Å². The van der Waals surface area contributed by atoms with Crippen molar-refractivity contribution in [3.63, 3.8) is 0 Å². The van der Waals surface area contributed by atoms with Crippen molar-refractivity contribution in [2.24, 2.45) is 0 Å². The minimum atomic E-state index is -0.595. The third-order valence-electron chi connectivity index (χ3n) is 5.91. The average Bonchev–Trinajstić information content (AvgIpc) is 3.34. The molecule has 33 heavy (non-hydrogen) atoms. The van der Waals surface area contributed by atoms with E-state index in [1.807, 2.05) is 13.8 Å². The lowest BCUT2D eigenvalue weighted by atomic mass is 10.0. The van der Waals surface area contributed by atoms with Gasteiger partial charge in [0.1, 0.15) is 17.5 Å². The van der Waals surface area contributed by atoms with Gasteiger partial charge in [-0.1, -0.05) is 12.1 Å². The van der Waals surface area contributed by atoms with E-state index < -0.39 is 16.7 Å².